The third kappa shape index (κ3) is 3.84. The fourth-order valence-electron chi connectivity index (χ4n) is 3.34. The van der Waals surface area contributed by atoms with Crippen LogP contribution in [0.25, 0.3) is 0 Å². The molecule has 0 N–H and O–H groups in total. The Hall–Kier alpha value is -1.46. The normalized spacial score (nSPS) is 26.0. The van der Waals surface area contributed by atoms with Crippen LogP contribution in [0.1, 0.15) is 26.2 Å². The molecule has 2 aliphatic rings. The lowest BCUT2D eigenvalue weighted by atomic mass is 10.0. The number of hydrogen-bond acceptors (Lipinski definition) is 5. The van der Waals surface area contributed by atoms with E-state index in [1.165, 1.54) is 19.3 Å². The van der Waals surface area contributed by atoms with Crippen molar-refractivity contribution in [2.24, 2.45) is 0 Å². The van der Waals surface area contributed by atoms with Gasteiger partial charge < -0.3 is 9.64 Å². The molecular formula is C17H26N4O. The largest absolute Gasteiger partial charge is 0.374 e. The van der Waals surface area contributed by atoms with E-state index in [4.69, 9.17) is 4.74 Å². The summed E-state index contributed by atoms with van der Waals surface area (Å²) in [4.78, 5) is 4.83. The van der Waals surface area contributed by atoms with E-state index in [0.29, 0.717) is 6.04 Å². The Morgan fingerprint density at radius 1 is 1.45 bits per heavy atom. The summed E-state index contributed by atoms with van der Waals surface area (Å²) in [5, 5.41) is 8.20. The van der Waals surface area contributed by atoms with Crippen molar-refractivity contribution in [3.63, 3.8) is 0 Å². The lowest BCUT2D eigenvalue weighted by Crippen LogP contribution is -2.51. The highest BCUT2D eigenvalue weighted by atomic mass is 16.5. The molecule has 1 saturated heterocycles. The summed E-state index contributed by atoms with van der Waals surface area (Å²) >= 11 is 0. The zero-order chi connectivity index (χ0) is 15.2. The molecule has 0 amide bonds. The molecule has 0 saturated carbocycles. The zero-order valence-electron chi connectivity index (χ0n) is 13.4. The van der Waals surface area contributed by atoms with Crippen LogP contribution >= 0.6 is 0 Å². The quantitative estimate of drug-likeness (QED) is 0.779. The first-order valence-electron chi connectivity index (χ1n) is 8.42. The molecule has 1 aromatic rings. The zero-order valence-corrected chi connectivity index (χ0v) is 13.4. The van der Waals surface area contributed by atoms with E-state index in [-0.39, 0.29) is 6.10 Å². The number of anilines is 1. The molecule has 1 aromatic heterocycles. The van der Waals surface area contributed by atoms with Gasteiger partial charge >= 0.3 is 0 Å². The van der Waals surface area contributed by atoms with E-state index in [0.717, 1.165) is 38.6 Å². The van der Waals surface area contributed by atoms with Crippen LogP contribution < -0.4 is 4.90 Å². The van der Waals surface area contributed by atoms with Gasteiger partial charge in [-0.05, 0) is 38.3 Å². The van der Waals surface area contributed by atoms with Gasteiger partial charge in [0.05, 0.1) is 12.7 Å². The Balaban J connectivity index is 1.59. The Kier molecular flexibility index (Phi) is 5.40. The summed E-state index contributed by atoms with van der Waals surface area (Å²) < 4.78 is 6.00. The van der Waals surface area contributed by atoms with Crippen molar-refractivity contribution in [1.82, 2.24) is 15.1 Å². The molecule has 0 spiro atoms. The summed E-state index contributed by atoms with van der Waals surface area (Å²) in [5.74, 6) is 0.934. The maximum Gasteiger partial charge on any atom is 0.151 e. The molecular weight excluding hydrogens is 276 g/mol. The number of nitrogens with zero attached hydrogens (tertiary/aromatic N) is 4. The first-order valence-corrected chi connectivity index (χ1v) is 8.42. The van der Waals surface area contributed by atoms with Crippen molar-refractivity contribution in [3.05, 3.63) is 30.5 Å². The van der Waals surface area contributed by atoms with Gasteiger partial charge in [0.2, 0.25) is 0 Å². The van der Waals surface area contributed by atoms with Crippen molar-refractivity contribution >= 4 is 5.82 Å². The number of likely N-dealkylation sites (N-methyl/N-ethyl adjacent to an activating group) is 1. The molecule has 2 heterocycles. The molecule has 0 radical (unpaired) electrons. The number of morpholine rings is 1. The minimum Gasteiger partial charge on any atom is -0.374 e. The molecule has 1 aliphatic heterocycles. The van der Waals surface area contributed by atoms with Crippen molar-refractivity contribution in [3.8, 4) is 0 Å². The third-order valence-corrected chi connectivity index (χ3v) is 4.56. The molecule has 5 heteroatoms. The van der Waals surface area contributed by atoms with E-state index in [9.17, 15) is 0 Å². The van der Waals surface area contributed by atoms with E-state index in [1.807, 2.05) is 12.1 Å². The van der Waals surface area contributed by atoms with Gasteiger partial charge in [-0.3, -0.25) is 4.90 Å². The number of hydrogen-bond donors (Lipinski definition) is 0. The summed E-state index contributed by atoms with van der Waals surface area (Å²) in [6.45, 7) is 6.82. The summed E-state index contributed by atoms with van der Waals surface area (Å²) in [5.41, 5.74) is 0. The summed E-state index contributed by atoms with van der Waals surface area (Å²) in [6, 6.07) is 4.55. The molecule has 0 aromatic carbocycles. The predicted molar refractivity (Wildman–Crippen MR) is 88.0 cm³/mol. The van der Waals surface area contributed by atoms with Crippen LogP contribution in [0.3, 0.4) is 0 Å². The molecule has 0 bridgehead atoms. The fraction of sp³-hybridized carbons (Fsp3) is 0.647. The van der Waals surface area contributed by atoms with Gasteiger partial charge in [0.15, 0.2) is 5.82 Å². The minimum absolute atomic E-state index is 0.242. The van der Waals surface area contributed by atoms with E-state index >= 15 is 0 Å². The Labute approximate surface area is 133 Å². The van der Waals surface area contributed by atoms with Gasteiger partial charge in [0, 0.05) is 38.4 Å². The van der Waals surface area contributed by atoms with Crippen molar-refractivity contribution in [1.29, 1.82) is 0 Å². The molecule has 0 unspecified atom stereocenters. The highest BCUT2D eigenvalue weighted by molar-refractivity contribution is 5.36. The second-order valence-electron chi connectivity index (χ2n) is 6.03. The monoisotopic (exact) mass is 302 g/mol. The minimum atomic E-state index is 0.242. The van der Waals surface area contributed by atoms with Gasteiger partial charge in [-0.2, -0.15) is 5.10 Å². The predicted octanol–water partition coefficient (Wildman–Crippen LogP) is 2.11. The van der Waals surface area contributed by atoms with Crippen molar-refractivity contribution in [2.75, 3.05) is 37.7 Å². The number of ether oxygens (including phenoxy) is 1. The van der Waals surface area contributed by atoms with Crippen LogP contribution in [0.4, 0.5) is 5.82 Å². The van der Waals surface area contributed by atoms with Gasteiger partial charge in [-0.15, -0.1) is 5.10 Å². The first kappa shape index (κ1) is 15.4. The highest BCUT2D eigenvalue weighted by Gasteiger charge is 2.27. The van der Waals surface area contributed by atoms with Crippen LogP contribution in [-0.2, 0) is 4.74 Å². The Morgan fingerprint density at radius 2 is 2.41 bits per heavy atom. The lowest BCUT2D eigenvalue weighted by Gasteiger charge is -2.39. The number of allylic oxidation sites excluding steroid dienone is 1. The van der Waals surface area contributed by atoms with Gasteiger partial charge in [0.1, 0.15) is 0 Å². The Bertz CT molecular complexity index is 479. The SMILES string of the molecule is CCN(C[C@@H]1CN([C@@H]2C=CCCC2)CCO1)c1cccnn1. The third-order valence-electron chi connectivity index (χ3n) is 4.56. The number of rotatable bonds is 5. The van der Waals surface area contributed by atoms with E-state index in [2.05, 4.69) is 39.1 Å². The van der Waals surface area contributed by atoms with Crippen molar-refractivity contribution in [2.45, 2.75) is 38.3 Å². The van der Waals surface area contributed by atoms with Crippen LogP contribution in [0.2, 0.25) is 0 Å². The smallest absolute Gasteiger partial charge is 0.151 e. The van der Waals surface area contributed by atoms with Crippen LogP contribution in [0.5, 0.6) is 0 Å². The maximum atomic E-state index is 6.00. The number of aromatic nitrogens is 2. The first-order chi connectivity index (χ1) is 10.9. The second-order valence-corrected chi connectivity index (χ2v) is 6.03. The highest BCUT2D eigenvalue weighted by Crippen LogP contribution is 2.20. The summed E-state index contributed by atoms with van der Waals surface area (Å²) in [7, 11) is 0. The molecule has 22 heavy (non-hydrogen) atoms. The molecule has 120 valence electrons. The average molecular weight is 302 g/mol. The van der Waals surface area contributed by atoms with Crippen LogP contribution in [0.15, 0.2) is 30.5 Å². The van der Waals surface area contributed by atoms with E-state index < -0.39 is 0 Å². The molecule has 3 rings (SSSR count). The van der Waals surface area contributed by atoms with Gasteiger partial charge in [-0.25, -0.2) is 0 Å². The second kappa shape index (κ2) is 7.70. The molecule has 2 atom stereocenters. The average Bonchev–Trinajstić information content (AvgIpc) is 2.61. The molecule has 1 aliphatic carbocycles. The van der Waals surface area contributed by atoms with Crippen LogP contribution in [0, 0.1) is 0 Å². The van der Waals surface area contributed by atoms with Crippen molar-refractivity contribution < 1.29 is 4.74 Å². The van der Waals surface area contributed by atoms with Crippen LogP contribution in [-0.4, -0.2) is 60.0 Å². The Morgan fingerprint density at radius 3 is 3.14 bits per heavy atom. The summed E-state index contributed by atoms with van der Waals surface area (Å²) in [6.07, 6.45) is 10.5. The molecule has 5 nitrogen and oxygen atoms in total. The van der Waals surface area contributed by atoms with E-state index in [1.54, 1.807) is 6.20 Å². The standard InChI is InChI=1S/C17H26N4O/c1-2-20(17-9-6-10-18-19-17)13-16-14-21(11-12-22-16)15-7-4-3-5-8-15/h4,6-7,9-10,15-16H,2-3,5,8,11-14H2,1H3/t15-,16-/m1/s1. The molecule has 1 fully saturated rings. The topological polar surface area (TPSA) is 41.5 Å². The van der Waals surface area contributed by atoms with Gasteiger partial charge in [-0.1, -0.05) is 12.2 Å². The maximum absolute atomic E-state index is 6.00. The fourth-order valence-corrected chi connectivity index (χ4v) is 3.34. The lowest BCUT2D eigenvalue weighted by molar-refractivity contribution is -0.0343. The van der Waals surface area contributed by atoms with Gasteiger partial charge in [0.25, 0.3) is 0 Å².